The van der Waals surface area contributed by atoms with E-state index in [4.69, 9.17) is 40.5 Å². The normalized spacial score (nSPS) is 10.5. The van der Waals surface area contributed by atoms with Gasteiger partial charge in [0, 0.05) is 28.4 Å². The van der Waals surface area contributed by atoms with E-state index in [1.165, 1.54) is 0 Å². The summed E-state index contributed by atoms with van der Waals surface area (Å²) < 4.78 is 0. The first-order chi connectivity index (χ1) is 9.91. The van der Waals surface area contributed by atoms with Gasteiger partial charge in [-0.05, 0) is 36.8 Å². The van der Waals surface area contributed by atoms with Crippen LogP contribution in [0.4, 0.5) is 5.69 Å². The van der Waals surface area contributed by atoms with Crippen molar-refractivity contribution in [2.75, 3.05) is 5.32 Å². The molecular weight excluding hydrogens is 331 g/mol. The van der Waals surface area contributed by atoms with E-state index in [9.17, 15) is 4.79 Å². The lowest BCUT2D eigenvalue weighted by molar-refractivity contribution is 0.1000. The minimum Gasteiger partial charge on any atom is -0.381 e. The van der Waals surface area contributed by atoms with Gasteiger partial charge < -0.3 is 11.1 Å². The lowest BCUT2D eigenvalue weighted by Gasteiger charge is -2.14. The minimum absolute atomic E-state index is 0.390. The number of rotatable bonds is 4. The lowest BCUT2D eigenvalue weighted by Crippen LogP contribution is -2.14. The summed E-state index contributed by atoms with van der Waals surface area (Å²) in [5.74, 6) is -0.463. The average Bonchev–Trinajstić information content (AvgIpc) is 2.44. The van der Waals surface area contributed by atoms with Crippen molar-refractivity contribution in [2.24, 2.45) is 5.73 Å². The van der Waals surface area contributed by atoms with Crippen molar-refractivity contribution in [3.8, 4) is 0 Å². The zero-order valence-corrected chi connectivity index (χ0v) is 13.5. The predicted molar refractivity (Wildman–Crippen MR) is 88.5 cm³/mol. The quantitative estimate of drug-likeness (QED) is 0.793. The summed E-state index contributed by atoms with van der Waals surface area (Å²) >= 11 is 18.3. The monoisotopic (exact) mass is 342 g/mol. The van der Waals surface area contributed by atoms with Crippen LogP contribution in [0.1, 0.15) is 21.5 Å². The fraction of sp³-hybridized carbons (Fsp3) is 0.133. The summed E-state index contributed by atoms with van der Waals surface area (Å²) in [6.45, 7) is 2.21. The highest BCUT2D eigenvalue weighted by atomic mass is 35.5. The Morgan fingerprint density at radius 3 is 2.48 bits per heavy atom. The molecule has 0 aliphatic rings. The smallest absolute Gasteiger partial charge is 0.249 e. The highest BCUT2D eigenvalue weighted by Crippen LogP contribution is 2.32. The van der Waals surface area contributed by atoms with Crippen LogP contribution in [0.15, 0.2) is 30.3 Å². The number of anilines is 1. The van der Waals surface area contributed by atoms with Gasteiger partial charge in [-0.1, -0.05) is 40.9 Å². The summed E-state index contributed by atoms with van der Waals surface area (Å²) in [5, 5.41) is 4.59. The van der Waals surface area contributed by atoms with E-state index < -0.39 is 5.91 Å². The maximum Gasteiger partial charge on any atom is 0.249 e. The maximum absolute atomic E-state index is 11.3. The SMILES string of the molecule is Cc1c(NCc2c(Cl)ccc(Cl)c2Cl)cccc1C(N)=O. The number of hydrogen-bond donors (Lipinski definition) is 2. The molecule has 0 atom stereocenters. The Kier molecular flexibility index (Phi) is 4.99. The molecule has 2 aromatic carbocycles. The van der Waals surface area contributed by atoms with Crippen molar-refractivity contribution < 1.29 is 4.79 Å². The third kappa shape index (κ3) is 3.43. The molecule has 0 spiro atoms. The molecule has 0 aliphatic heterocycles. The molecule has 0 aliphatic carbocycles. The molecule has 2 rings (SSSR count). The number of hydrogen-bond acceptors (Lipinski definition) is 2. The lowest BCUT2D eigenvalue weighted by atomic mass is 10.1. The number of benzene rings is 2. The van der Waals surface area contributed by atoms with Crippen molar-refractivity contribution in [3.05, 3.63) is 62.1 Å². The molecule has 21 heavy (non-hydrogen) atoms. The Morgan fingerprint density at radius 2 is 1.81 bits per heavy atom. The van der Waals surface area contributed by atoms with Crippen LogP contribution in [-0.4, -0.2) is 5.91 Å². The van der Waals surface area contributed by atoms with E-state index in [1.807, 2.05) is 13.0 Å². The fourth-order valence-electron chi connectivity index (χ4n) is 2.01. The molecule has 0 bridgehead atoms. The Balaban J connectivity index is 2.27. The van der Waals surface area contributed by atoms with Gasteiger partial charge in [0.25, 0.3) is 0 Å². The van der Waals surface area contributed by atoms with E-state index >= 15 is 0 Å². The van der Waals surface area contributed by atoms with Gasteiger partial charge in [0.15, 0.2) is 0 Å². The first-order valence-corrected chi connectivity index (χ1v) is 7.31. The molecule has 3 N–H and O–H groups in total. The van der Waals surface area contributed by atoms with E-state index in [1.54, 1.807) is 24.3 Å². The number of amides is 1. The molecule has 0 radical (unpaired) electrons. The summed E-state index contributed by atoms with van der Waals surface area (Å²) in [7, 11) is 0. The highest BCUT2D eigenvalue weighted by molar-refractivity contribution is 6.44. The number of nitrogens with two attached hydrogens (primary N) is 1. The molecule has 0 saturated heterocycles. The van der Waals surface area contributed by atoms with Gasteiger partial charge in [-0.15, -0.1) is 0 Å². The molecule has 2 aromatic rings. The number of carbonyl (C=O) groups is 1. The first-order valence-electron chi connectivity index (χ1n) is 6.17. The Hall–Kier alpha value is -1.42. The van der Waals surface area contributed by atoms with Crippen LogP contribution in [0.25, 0.3) is 0 Å². The molecule has 3 nitrogen and oxygen atoms in total. The maximum atomic E-state index is 11.3. The second-order valence-electron chi connectivity index (χ2n) is 4.52. The molecule has 0 heterocycles. The Bertz CT molecular complexity index is 702. The summed E-state index contributed by atoms with van der Waals surface area (Å²) in [6, 6.07) is 8.64. The molecule has 0 saturated carbocycles. The average molecular weight is 344 g/mol. The van der Waals surface area contributed by atoms with Gasteiger partial charge in [-0.25, -0.2) is 0 Å². The summed E-state index contributed by atoms with van der Waals surface area (Å²) in [6.07, 6.45) is 0. The van der Waals surface area contributed by atoms with Crippen LogP contribution in [0.2, 0.25) is 15.1 Å². The highest BCUT2D eigenvalue weighted by Gasteiger charge is 2.12. The van der Waals surface area contributed by atoms with E-state index in [2.05, 4.69) is 5.32 Å². The van der Waals surface area contributed by atoms with Crippen LogP contribution in [0.3, 0.4) is 0 Å². The van der Waals surface area contributed by atoms with E-state index in [-0.39, 0.29) is 0 Å². The van der Waals surface area contributed by atoms with Gasteiger partial charge >= 0.3 is 0 Å². The van der Waals surface area contributed by atoms with Gasteiger partial charge in [0.2, 0.25) is 5.91 Å². The molecular formula is C15H13Cl3N2O. The van der Waals surface area contributed by atoms with Crippen LogP contribution in [0.5, 0.6) is 0 Å². The van der Waals surface area contributed by atoms with Crippen LogP contribution >= 0.6 is 34.8 Å². The van der Waals surface area contributed by atoms with Crippen LogP contribution in [-0.2, 0) is 6.54 Å². The molecule has 0 fully saturated rings. The molecule has 0 unspecified atom stereocenters. The second kappa shape index (κ2) is 6.56. The standard InChI is InChI=1S/C15H13Cl3N2O/c1-8-9(15(19)21)3-2-4-13(8)20-7-10-11(16)5-6-12(17)14(10)18/h2-6,20H,7H2,1H3,(H2,19,21). The topological polar surface area (TPSA) is 55.1 Å². The second-order valence-corrected chi connectivity index (χ2v) is 5.71. The van der Waals surface area contributed by atoms with Gasteiger partial charge in [0.05, 0.1) is 10.0 Å². The van der Waals surface area contributed by atoms with Crippen molar-refractivity contribution in [3.63, 3.8) is 0 Å². The Morgan fingerprint density at radius 1 is 1.14 bits per heavy atom. The van der Waals surface area contributed by atoms with Crippen LogP contribution in [0, 0.1) is 6.92 Å². The molecule has 6 heteroatoms. The van der Waals surface area contributed by atoms with Crippen molar-refractivity contribution in [1.82, 2.24) is 0 Å². The first kappa shape index (κ1) is 16.0. The van der Waals surface area contributed by atoms with Gasteiger partial charge in [0.1, 0.15) is 0 Å². The zero-order valence-electron chi connectivity index (χ0n) is 11.2. The van der Waals surface area contributed by atoms with Crippen LogP contribution < -0.4 is 11.1 Å². The Labute approximate surface area is 138 Å². The van der Waals surface area contributed by atoms with E-state index in [0.29, 0.717) is 32.7 Å². The molecule has 110 valence electrons. The van der Waals surface area contributed by atoms with E-state index in [0.717, 1.165) is 11.3 Å². The third-order valence-electron chi connectivity index (χ3n) is 3.19. The van der Waals surface area contributed by atoms with Gasteiger partial charge in [-0.3, -0.25) is 4.79 Å². The third-order valence-corrected chi connectivity index (χ3v) is 4.39. The van der Waals surface area contributed by atoms with Gasteiger partial charge in [-0.2, -0.15) is 0 Å². The molecule has 0 aromatic heterocycles. The summed E-state index contributed by atoms with van der Waals surface area (Å²) in [4.78, 5) is 11.3. The summed E-state index contributed by atoms with van der Waals surface area (Å²) in [5.41, 5.74) is 8.08. The number of primary amides is 1. The number of carbonyl (C=O) groups excluding carboxylic acids is 1. The predicted octanol–water partition coefficient (Wildman–Crippen LogP) is 4.67. The van der Waals surface area contributed by atoms with Crippen molar-refractivity contribution in [1.29, 1.82) is 0 Å². The van der Waals surface area contributed by atoms with Crippen molar-refractivity contribution in [2.45, 2.75) is 13.5 Å². The largest absolute Gasteiger partial charge is 0.381 e. The fourth-order valence-corrected chi connectivity index (χ4v) is 2.69. The number of nitrogens with one attached hydrogen (secondary N) is 1. The van der Waals surface area contributed by atoms with Crippen molar-refractivity contribution >= 4 is 46.4 Å². The molecule has 1 amide bonds. The minimum atomic E-state index is -0.463. The number of halogens is 3. The zero-order chi connectivity index (χ0) is 15.6.